The second-order valence-electron chi connectivity index (χ2n) is 9.96. The van der Waals surface area contributed by atoms with E-state index in [1.807, 2.05) is 51.1 Å². The van der Waals surface area contributed by atoms with Crippen LogP contribution in [0.25, 0.3) is 11.4 Å². The molecule has 0 aliphatic heterocycles. The number of aromatic nitrogens is 5. The Labute approximate surface area is 205 Å². The molecule has 0 radical (unpaired) electrons. The third-order valence-electron chi connectivity index (χ3n) is 6.75. The van der Waals surface area contributed by atoms with E-state index in [2.05, 4.69) is 25.7 Å². The first-order valence-electron chi connectivity index (χ1n) is 12.1. The lowest BCUT2D eigenvalue weighted by molar-refractivity contribution is -0.00739. The number of carbonyl (C=O) groups is 1. The second-order valence-corrected chi connectivity index (χ2v) is 9.96. The van der Waals surface area contributed by atoms with Crippen LogP contribution >= 0.6 is 0 Å². The number of aryl methyl sites for hydroxylation is 1. The van der Waals surface area contributed by atoms with Crippen LogP contribution in [0.4, 0.5) is 0 Å². The lowest BCUT2D eigenvalue weighted by atomic mass is 9.75. The summed E-state index contributed by atoms with van der Waals surface area (Å²) < 4.78 is 5.24. The number of aliphatic hydroxyl groups is 1. The second kappa shape index (κ2) is 10.5. The van der Waals surface area contributed by atoms with E-state index in [0.29, 0.717) is 47.7 Å². The zero-order chi connectivity index (χ0) is 25.0. The van der Waals surface area contributed by atoms with E-state index in [1.165, 1.54) is 0 Å². The molecule has 35 heavy (non-hydrogen) atoms. The van der Waals surface area contributed by atoms with Crippen molar-refractivity contribution in [3.8, 4) is 17.1 Å². The number of benzene rings is 1. The first-order valence-corrected chi connectivity index (χ1v) is 12.1. The molecule has 0 atom stereocenters. The van der Waals surface area contributed by atoms with Gasteiger partial charge in [0.1, 0.15) is 11.4 Å². The lowest BCUT2D eigenvalue weighted by Gasteiger charge is -2.35. The summed E-state index contributed by atoms with van der Waals surface area (Å²) in [6.07, 6.45) is 4.09. The van der Waals surface area contributed by atoms with E-state index in [4.69, 9.17) is 4.74 Å². The average molecular weight is 479 g/mol. The van der Waals surface area contributed by atoms with Crippen molar-refractivity contribution in [3.63, 3.8) is 0 Å². The van der Waals surface area contributed by atoms with Gasteiger partial charge in [-0.15, -0.1) is 10.2 Å². The van der Waals surface area contributed by atoms with Gasteiger partial charge in [0.2, 0.25) is 5.82 Å². The molecule has 186 valence electrons. The third kappa shape index (κ3) is 6.42. The van der Waals surface area contributed by atoms with Gasteiger partial charge in [0.25, 0.3) is 5.91 Å². The predicted octanol–water partition coefficient (Wildman–Crippen LogP) is 3.56. The number of pyridine rings is 1. The third-order valence-corrected chi connectivity index (χ3v) is 6.75. The maximum absolute atomic E-state index is 12.8. The molecular weight excluding hydrogens is 444 g/mol. The molecule has 0 bridgehead atoms. The minimum atomic E-state index is -0.624. The number of hydrogen-bond donors (Lipinski definition) is 2. The zero-order valence-electron chi connectivity index (χ0n) is 20.9. The summed E-state index contributed by atoms with van der Waals surface area (Å²) in [4.78, 5) is 18.8. The summed E-state index contributed by atoms with van der Waals surface area (Å²) in [5.74, 6) is 1.75. The molecule has 1 aliphatic carbocycles. The highest BCUT2D eigenvalue weighted by Gasteiger charge is 2.31. The molecule has 2 N–H and O–H groups in total. The van der Waals surface area contributed by atoms with E-state index in [1.54, 1.807) is 18.0 Å². The molecule has 2 aromatic heterocycles. The normalized spacial score (nSPS) is 18.3. The summed E-state index contributed by atoms with van der Waals surface area (Å²) >= 11 is 0. The number of amides is 1. The molecule has 1 fully saturated rings. The fourth-order valence-corrected chi connectivity index (χ4v) is 4.69. The minimum absolute atomic E-state index is 0.270. The SMILES string of the molecule is COc1cccc(CNC(=O)c2cc(-c3nnn(CC4CCC(C(C)(C)O)CC4)n3)cc(C)n2)c1. The summed E-state index contributed by atoms with van der Waals surface area (Å²) in [6, 6.07) is 11.1. The average Bonchev–Trinajstić information content (AvgIpc) is 3.30. The van der Waals surface area contributed by atoms with Gasteiger partial charge in [-0.3, -0.25) is 4.79 Å². The summed E-state index contributed by atoms with van der Waals surface area (Å²) in [7, 11) is 1.61. The van der Waals surface area contributed by atoms with Crippen molar-refractivity contribution in [1.29, 1.82) is 0 Å². The van der Waals surface area contributed by atoms with Crippen LogP contribution in [0.15, 0.2) is 36.4 Å². The van der Waals surface area contributed by atoms with E-state index in [9.17, 15) is 9.90 Å². The minimum Gasteiger partial charge on any atom is -0.497 e. The van der Waals surface area contributed by atoms with Gasteiger partial charge in [0, 0.05) is 17.8 Å². The number of ether oxygens (including phenoxy) is 1. The molecule has 0 saturated heterocycles. The number of nitrogens with one attached hydrogen (secondary N) is 1. The fourth-order valence-electron chi connectivity index (χ4n) is 4.69. The first kappa shape index (κ1) is 24.8. The van der Waals surface area contributed by atoms with Crippen LogP contribution in [0.3, 0.4) is 0 Å². The van der Waals surface area contributed by atoms with Crippen molar-refractivity contribution in [2.75, 3.05) is 7.11 Å². The smallest absolute Gasteiger partial charge is 0.270 e. The maximum Gasteiger partial charge on any atom is 0.270 e. The van der Waals surface area contributed by atoms with Gasteiger partial charge in [-0.2, -0.15) is 4.80 Å². The predicted molar refractivity (Wildman–Crippen MR) is 132 cm³/mol. The Morgan fingerprint density at radius 3 is 2.69 bits per heavy atom. The van der Waals surface area contributed by atoms with Crippen molar-refractivity contribution in [3.05, 3.63) is 53.3 Å². The molecule has 3 aromatic rings. The Bertz CT molecular complexity index is 1160. The summed E-state index contributed by atoms with van der Waals surface area (Å²) in [5.41, 5.74) is 2.04. The lowest BCUT2D eigenvalue weighted by Crippen LogP contribution is -2.34. The van der Waals surface area contributed by atoms with Crippen LogP contribution in [0.2, 0.25) is 0 Å². The molecule has 9 nitrogen and oxygen atoms in total. The van der Waals surface area contributed by atoms with E-state index < -0.39 is 5.60 Å². The molecule has 0 unspecified atom stereocenters. The Morgan fingerprint density at radius 1 is 1.20 bits per heavy atom. The van der Waals surface area contributed by atoms with Gasteiger partial charge in [0.05, 0.1) is 19.3 Å². The van der Waals surface area contributed by atoms with Gasteiger partial charge >= 0.3 is 0 Å². The molecule has 1 amide bonds. The Balaban J connectivity index is 1.39. The van der Waals surface area contributed by atoms with Crippen LogP contribution < -0.4 is 10.1 Å². The van der Waals surface area contributed by atoms with Crippen LogP contribution in [-0.4, -0.2) is 48.9 Å². The highest BCUT2D eigenvalue weighted by molar-refractivity contribution is 5.93. The number of nitrogens with zero attached hydrogens (tertiary/aromatic N) is 5. The number of rotatable bonds is 8. The standard InChI is InChI=1S/C26H34N6O3/c1-17-12-20(14-23(28-17)25(33)27-15-19-6-5-7-22(13-19)35-4)24-29-31-32(30-24)16-18-8-10-21(11-9-18)26(2,3)34/h5-7,12-14,18,21,34H,8-11,15-16H2,1-4H3,(H,27,33). The Hall–Kier alpha value is -3.33. The van der Waals surface area contributed by atoms with Gasteiger partial charge in [-0.05, 0) is 93.3 Å². The summed E-state index contributed by atoms with van der Waals surface area (Å²) in [6.45, 7) is 6.70. The van der Waals surface area contributed by atoms with Crippen LogP contribution in [-0.2, 0) is 13.1 Å². The van der Waals surface area contributed by atoms with E-state index in [-0.39, 0.29) is 5.91 Å². The van der Waals surface area contributed by atoms with Crippen LogP contribution in [0.5, 0.6) is 5.75 Å². The van der Waals surface area contributed by atoms with Gasteiger partial charge < -0.3 is 15.2 Å². The quantitative estimate of drug-likeness (QED) is 0.509. The molecular formula is C26H34N6O3. The number of methoxy groups -OCH3 is 1. The molecule has 9 heteroatoms. The maximum atomic E-state index is 12.8. The van der Waals surface area contributed by atoms with Crippen molar-refractivity contribution in [1.82, 2.24) is 30.5 Å². The van der Waals surface area contributed by atoms with Crippen molar-refractivity contribution >= 4 is 5.91 Å². The van der Waals surface area contributed by atoms with Crippen LogP contribution in [0, 0.1) is 18.8 Å². The Kier molecular flexibility index (Phi) is 7.45. The molecule has 1 saturated carbocycles. The van der Waals surface area contributed by atoms with Crippen molar-refractivity contribution in [2.24, 2.45) is 11.8 Å². The Morgan fingerprint density at radius 2 is 1.97 bits per heavy atom. The zero-order valence-corrected chi connectivity index (χ0v) is 20.9. The number of carbonyl (C=O) groups excluding carboxylic acids is 1. The first-order chi connectivity index (χ1) is 16.7. The molecule has 2 heterocycles. The summed E-state index contributed by atoms with van der Waals surface area (Å²) in [5, 5.41) is 26.2. The highest BCUT2D eigenvalue weighted by Crippen LogP contribution is 2.35. The molecule has 1 aromatic carbocycles. The fraction of sp³-hybridized carbons (Fsp3) is 0.500. The van der Waals surface area contributed by atoms with Crippen molar-refractivity contribution < 1.29 is 14.6 Å². The largest absolute Gasteiger partial charge is 0.497 e. The monoisotopic (exact) mass is 478 g/mol. The molecule has 0 spiro atoms. The topological polar surface area (TPSA) is 115 Å². The van der Waals surface area contributed by atoms with E-state index in [0.717, 1.165) is 37.0 Å². The molecule has 1 aliphatic rings. The van der Waals surface area contributed by atoms with Gasteiger partial charge in [-0.25, -0.2) is 4.98 Å². The van der Waals surface area contributed by atoms with Gasteiger partial charge in [-0.1, -0.05) is 12.1 Å². The van der Waals surface area contributed by atoms with E-state index >= 15 is 0 Å². The van der Waals surface area contributed by atoms with Crippen molar-refractivity contribution in [2.45, 2.75) is 65.1 Å². The van der Waals surface area contributed by atoms with Crippen LogP contribution in [0.1, 0.15) is 61.3 Å². The highest BCUT2D eigenvalue weighted by atomic mass is 16.5. The molecule has 4 rings (SSSR count). The number of hydrogen-bond acceptors (Lipinski definition) is 7. The number of tetrazole rings is 1. The van der Waals surface area contributed by atoms with Gasteiger partial charge in [0.15, 0.2) is 0 Å².